The number of hydrogen-bond donors (Lipinski definition) is 1. The second kappa shape index (κ2) is 8.86. The Bertz CT molecular complexity index is 669. The molecule has 1 N–H and O–H groups in total. The van der Waals surface area contributed by atoms with Crippen molar-refractivity contribution < 1.29 is 4.79 Å². The maximum Gasteiger partial charge on any atom is 0.235 e. The molecule has 1 amide bonds. The summed E-state index contributed by atoms with van der Waals surface area (Å²) < 4.78 is 0. The standard InChI is InChI=1S/C19H24N4O/c1-5-9-23(12-17-8-6-7-16(10-17)11-20)13-18(24)22-19(4,14-21)15(2)3/h5-8,10,15H,1,9,12-13H2,2-4H3,(H,22,24)/t19-/m1/s1. The lowest BCUT2D eigenvalue weighted by Gasteiger charge is -2.29. The number of hydrogen-bond acceptors (Lipinski definition) is 4. The van der Waals surface area contributed by atoms with Gasteiger partial charge in [0.1, 0.15) is 5.54 Å². The molecule has 0 saturated heterocycles. The van der Waals surface area contributed by atoms with Crippen LogP contribution in [0.25, 0.3) is 0 Å². The van der Waals surface area contributed by atoms with E-state index in [-0.39, 0.29) is 18.4 Å². The molecule has 126 valence electrons. The van der Waals surface area contributed by atoms with Gasteiger partial charge in [-0.1, -0.05) is 32.1 Å². The summed E-state index contributed by atoms with van der Waals surface area (Å²) in [6, 6.07) is 11.6. The Morgan fingerprint density at radius 3 is 2.71 bits per heavy atom. The van der Waals surface area contributed by atoms with Crippen molar-refractivity contribution in [1.29, 1.82) is 10.5 Å². The third-order valence-corrected chi connectivity index (χ3v) is 4.00. The molecular weight excluding hydrogens is 300 g/mol. The smallest absolute Gasteiger partial charge is 0.235 e. The second-order valence-corrected chi connectivity index (χ2v) is 6.29. The van der Waals surface area contributed by atoms with E-state index in [2.05, 4.69) is 24.0 Å². The van der Waals surface area contributed by atoms with E-state index in [9.17, 15) is 10.1 Å². The van der Waals surface area contributed by atoms with Crippen molar-refractivity contribution in [3.63, 3.8) is 0 Å². The van der Waals surface area contributed by atoms with Crippen LogP contribution in [0.2, 0.25) is 0 Å². The predicted molar refractivity (Wildman–Crippen MR) is 93.6 cm³/mol. The summed E-state index contributed by atoms with van der Waals surface area (Å²) in [6.45, 7) is 10.5. The minimum absolute atomic E-state index is 0.00612. The van der Waals surface area contributed by atoms with Gasteiger partial charge in [-0.2, -0.15) is 10.5 Å². The zero-order valence-electron chi connectivity index (χ0n) is 14.5. The molecule has 0 heterocycles. The van der Waals surface area contributed by atoms with Gasteiger partial charge in [-0.25, -0.2) is 0 Å². The number of benzene rings is 1. The highest BCUT2D eigenvalue weighted by Crippen LogP contribution is 2.15. The average Bonchev–Trinajstić information content (AvgIpc) is 2.54. The highest BCUT2D eigenvalue weighted by molar-refractivity contribution is 5.79. The molecule has 0 aliphatic heterocycles. The van der Waals surface area contributed by atoms with Crippen molar-refractivity contribution in [3.8, 4) is 12.1 Å². The first-order valence-corrected chi connectivity index (χ1v) is 7.89. The Kier molecular flexibility index (Phi) is 7.17. The fourth-order valence-corrected chi connectivity index (χ4v) is 2.20. The molecule has 24 heavy (non-hydrogen) atoms. The van der Waals surface area contributed by atoms with E-state index in [0.29, 0.717) is 18.7 Å². The fourth-order valence-electron chi connectivity index (χ4n) is 2.20. The highest BCUT2D eigenvalue weighted by atomic mass is 16.2. The van der Waals surface area contributed by atoms with Crippen LogP contribution in [0.15, 0.2) is 36.9 Å². The Hall–Kier alpha value is -2.63. The number of carbonyl (C=O) groups excluding carboxylic acids is 1. The minimum Gasteiger partial charge on any atom is -0.337 e. The van der Waals surface area contributed by atoms with Gasteiger partial charge in [-0.05, 0) is 30.5 Å². The molecule has 1 atom stereocenters. The Morgan fingerprint density at radius 1 is 1.46 bits per heavy atom. The number of nitriles is 2. The van der Waals surface area contributed by atoms with Gasteiger partial charge in [0.2, 0.25) is 5.91 Å². The molecule has 0 aliphatic rings. The number of nitrogens with zero attached hydrogens (tertiary/aromatic N) is 3. The van der Waals surface area contributed by atoms with Crippen molar-refractivity contribution >= 4 is 5.91 Å². The van der Waals surface area contributed by atoms with E-state index in [1.54, 1.807) is 19.1 Å². The van der Waals surface area contributed by atoms with E-state index < -0.39 is 5.54 Å². The first-order chi connectivity index (χ1) is 11.3. The molecule has 0 spiro atoms. The predicted octanol–water partition coefficient (Wildman–Crippen LogP) is 2.60. The van der Waals surface area contributed by atoms with E-state index >= 15 is 0 Å². The first-order valence-electron chi connectivity index (χ1n) is 7.89. The third-order valence-electron chi connectivity index (χ3n) is 4.00. The zero-order chi connectivity index (χ0) is 18.2. The lowest BCUT2D eigenvalue weighted by Crippen LogP contribution is -2.51. The maximum atomic E-state index is 12.3. The summed E-state index contributed by atoms with van der Waals surface area (Å²) in [4.78, 5) is 14.2. The summed E-state index contributed by atoms with van der Waals surface area (Å²) in [5.41, 5.74) is 0.653. The van der Waals surface area contributed by atoms with Crippen LogP contribution in [0.4, 0.5) is 0 Å². The maximum absolute atomic E-state index is 12.3. The quantitative estimate of drug-likeness (QED) is 0.745. The van der Waals surface area contributed by atoms with Gasteiger partial charge in [0.25, 0.3) is 0 Å². The lowest BCUT2D eigenvalue weighted by molar-refractivity contribution is -0.123. The Morgan fingerprint density at radius 2 is 2.17 bits per heavy atom. The molecule has 1 aromatic carbocycles. The van der Waals surface area contributed by atoms with Crippen molar-refractivity contribution in [2.75, 3.05) is 13.1 Å². The molecule has 0 bridgehead atoms. The van der Waals surface area contributed by atoms with Gasteiger partial charge in [0, 0.05) is 13.1 Å². The van der Waals surface area contributed by atoms with Crippen LogP contribution in [0.1, 0.15) is 31.9 Å². The fraction of sp³-hybridized carbons (Fsp3) is 0.421. The van der Waals surface area contributed by atoms with Gasteiger partial charge < -0.3 is 5.32 Å². The number of rotatable bonds is 8. The molecule has 5 nitrogen and oxygen atoms in total. The van der Waals surface area contributed by atoms with Gasteiger partial charge >= 0.3 is 0 Å². The second-order valence-electron chi connectivity index (χ2n) is 6.29. The summed E-state index contributed by atoms with van der Waals surface area (Å²) in [5, 5.41) is 21.1. The largest absolute Gasteiger partial charge is 0.337 e. The van der Waals surface area contributed by atoms with Crippen LogP contribution >= 0.6 is 0 Å². The van der Waals surface area contributed by atoms with Crippen LogP contribution < -0.4 is 5.32 Å². The number of amides is 1. The Balaban J connectivity index is 2.79. The molecule has 1 rings (SSSR count). The van der Waals surface area contributed by atoms with Crippen LogP contribution in [0.3, 0.4) is 0 Å². The van der Waals surface area contributed by atoms with Crippen molar-refractivity contribution in [2.24, 2.45) is 5.92 Å². The van der Waals surface area contributed by atoms with Crippen LogP contribution in [-0.2, 0) is 11.3 Å². The highest BCUT2D eigenvalue weighted by Gasteiger charge is 2.30. The summed E-state index contributed by atoms with van der Waals surface area (Å²) in [6.07, 6.45) is 1.73. The lowest BCUT2D eigenvalue weighted by atomic mass is 9.90. The SMILES string of the molecule is C=CCN(CC(=O)N[C@](C)(C#N)C(C)C)Cc1cccc(C#N)c1. The van der Waals surface area contributed by atoms with Gasteiger partial charge in [-0.3, -0.25) is 9.69 Å². The van der Waals surface area contributed by atoms with Crippen LogP contribution in [0, 0.1) is 28.6 Å². The van der Waals surface area contributed by atoms with Gasteiger partial charge in [0.05, 0.1) is 24.2 Å². The number of carbonyl (C=O) groups is 1. The van der Waals surface area contributed by atoms with Crippen molar-refractivity contribution in [2.45, 2.75) is 32.9 Å². The monoisotopic (exact) mass is 324 g/mol. The normalized spacial score (nSPS) is 13.0. The molecule has 0 aromatic heterocycles. The van der Waals surface area contributed by atoms with E-state index in [4.69, 9.17) is 5.26 Å². The average molecular weight is 324 g/mol. The van der Waals surface area contributed by atoms with Gasteiger partial charge in [-0.15, -0.1) is 6.58 Å². The topological polar surface area (TPSA) is 79.9 Å². The van der Waals surface area contributed by atoms with Gasteiger partial charge in [0.15, 0.2) is 0 Å². The minimum atomic E-state index is -0.891. The molecule has 1 aromatic rings. The Labute approximate surface area is 144 Å². The third kappa shape index (κ3) is 5.53. The summed E-state index contributed by atoms with van der Waals surface area (Å²) in [7, 11) is 0. The first kappa shape index (κ1) is 19.4. The molecule has 0 aliphatic carbocycles. The zero-order valence-corrected chi connectivity index (χ0v) is 14.5. The molecular formula is C19H24N4O. The molecule has 0 radical (unpaired) electrons. The molecule has 0 saturated carbocycles. The van der Waals surface area contributed by atoms with Crippen molar-refractivity contribution in [1.82, 2.24) is 10.2 Å². The van der Waals surface area contributed by atoms with Crippen LogP contribution in [0.5, 0.6) is 0 Å². The van der Waals surface area contributed by atoms with E-state index in [1.807, 2.05) is 36.9 Å². The van der Waals surface area contributed by atoms with E-state index in [0.717, 1.165) is 5.56 Å². The van der Waals surface area contributed by atoms with E-state index in [1.165, 1.54) is 0 Å². The summed E-state index contributed by atoms with van der Waals surface area (Å²) in [5.74, 6) is -0.197. The number of nitrogens with one attached hydrogen (secondary N) is 1. The van der Waals surface area contributed by atoms with Crippen molar-refractivity contribution in [3.05, 3.63) is 48.0 Å². The summed E-state index contributed by atoms with van der Waals surface area (Å²) >= 11 is 0. The van der Waals surface area contributed by atoms with Crippen LogP contribution in [-0.4, -0.2) is 29.4 Å². The molecule has 5 heteroatoms. The molecule has 0 fully saturated rings. The molecule has 0 unspecified atom stereocenters.